The molecular formula is C24H26N2O7S. The number of β-amino-alcohol motifs (C(OH)–C–C–N with tert-alkyl or cyclic N) is 1. The maximum atomic E-state index is 13.2. The molecule has 9 nitrogen and oxygen atoms in total. The molecule has 1 aliphatic rings. The van der Waals surface area contributed by atoms with E-state index in [1.165, 1.54) is 6.07 Å². The summed E-state index contributed by atoms with van der Waals surface area (Å²) >= 11 is 0. The third-order valence-corrected chi connectivity index (χ3v) is 7.76. The van der Waals surface area contributed by atoms with Crippen LogP contribution in [0.2, 0.25) is 0 Å². The molecule has 1 aromatic heterocycles. The van der Waals surface area contributed by atoms with Crippen molar-refractivity contribution in [3.63, 3.8) is 0 Å². The third-order valence-electron chi connectivity index (χ3n) is 5.89. The molecule has 1 fully saturated rings. The minimum Gasteiger partial charge on any atom is -0.497 e. The first-order valence-corrected chi connectivity index (χ1v) is 12.2. The van der Waals surface area contributed by atoms with Crippen molar-refractivity contribution in [2.45, 2.75) is 43.9 Å². The number of hydrogen-bond acceptors (Lipinski definition) is 8. The maximum Gasteiger partial charge on any atom is 0.325 e. The second kappa shape index (κ2) is 9.57. The molecule has 0 saturated carbocycles. The van der Waals surface area contributed by atoms with Gasteiger partial charge < -0.3 is 19.1 Å². The highest BCUT2D eigenvalue weighted by atomic mass is 32.2. The summed E-state index contributed by atoms with van der Waals surface area (Å²) in [4.78, 5) is 12.9. The fourth-order valence-electron chi connectivity index (χ4n) is 3.79. The fourth-order valence-corrected chi connectivity index (χ4v) is 5.50. The molecule has 2 atom stereocenters. The molecule has 1 aliphatic heterocycles. The van der Waals surface area contributed by atoms with E-state index in [4.69, 9.17) is 14.0 Å². The number of aromatic nitrogens is 1. The van der Waals surface area contributed by atoms with Crippen molar-refractivity contribution in [2.75, 3.05) is 13.7 Å². The van der Waals surface area contributed by atoms with Crippen molar-refractivity contribution in [3.8, 4) is 17.0 Å². The lowest BCUT2D eigenvalue weighted by molar-refractivity contribution is -0.149. The van der Waals surface area contributed by atoms with Crippen LogP contribution < -0.4 is 4.74 Å². The van der Waals surface area contributed by atoms with E-state index in [-0.39, 0.29) is 24.5 Å². The van der Waals surface area contributed by atoms with Gasteiger partial charge in [-0.1, -0.05) is 11.2 Å². The molecule has 0 unspecified atom stereocenters. The molecule has 2 aromatic carbocycles. The minimum atomic E-state index is -4.00. The summed E-state index contributed by atoms with van der Waals surface area (Å²) in [5, 5.41) is 14.1. The van der Waals surface area contributed by atoms with Crippen LogP contribution >= 0.6 is 0 Å². The van der Waals surface area contributed by atoms with Gasteiger partial charge in [-0.2, -0.15) is 4.31 Å². The van der Waals surface area contributed by atoms with Crippen LogP contribution in [0.25, 0.3) is 11.3 Å². The monoisotopic (exact) mass is 486 g/mol. The first-order chi connectivity index (χ1) is 16.2. The quantitative estimate of drug-likeness (QED) is 0.507. The van der Waals surface area contributed by atoms with Gasteiger partial charge in [0.25, 0.3) is 0 Å². The van der Waals surface area contributed by atoms with Crippen molar-refractivity contribution in [3.05, 3.63) is 65.4 Å². The van der Waals surface area contributed by atoms with Crippen LogP contribution in [-0.2, 0) is 26.2 Å². The molecule has 34 heavy (non-hydrogen) atoms. The molecule has 0 amide bonds. The number of sulfonamides is 1. The van der Waals surface area contributed by atoms with E-state index in [1.54, 1.807) is 37.4 Å². The molecule has 0 aliphatic carbocycles. The zero-order chi connectivity index (χ0) is 24.5. The summed E-state index contributed by atoms with van der Waals surface area (Å²) in [7, 11) is -2.42. The highest BCUT2D eigenvalue weighted by Gasteiger charge is 2.44. The van der Waals surface area contributed by atoms with E-state index in [9.17, 15) is 18.3 Å². The van der Waals surface area contributed by atoms with Crippen molar-refractivity contribution in [1.82, 2.24) is 9.46 Å². The van der Waals surface area contributed by atoms with Crippen LogP contribution in [-0.4, -0.2) is 54.8 Å². The number of ether oxygens (including phenoxy) is 2. The molecule has 0 radical (unpaired) electrons. The molecule has 0 spiro atoms. The highest BCUT2D eigenvalue weighted by Crippen LogP contribution is 2.29. The molecule has 3 aromatic rings. The lowest BCUT2D eigenvalue weighted by Crippen LogP contribution is -2.41. The van der Waals surface area contributed by atoms with E-state index in [1.807, 2.05) is 26.0 Å². The van der Waals surface area contributed by atoms with E-state index >= 15 is 0 Å². The number of methoxy groups -OCH3 is 1. The van der Waals surface area contributed by atoms with Crippen LogP contribution in [0, 0.1) is 13.8 Å². The molecule has 4 rings (SSSR count). The highest BCUT2D eigenvalue weighted by molar-refractivity contribution is 7.89. The molecule has 1 saturated heterocycles. The zero-order valence-electron chi connectivity index (χ0n) is 19.1. The van der Waals surface area contributed by atoms with Crippen molar-refractivity contribution >= 4 is 16.0 Å². The summed E-state index contributed by atoms with van der Waals surface area (Å²) in [6.45, 7) is 3.30. The van der Waals surface area contributed by atoms with Crippen molar-refractivity contribution in [1.29, 1.82) is 0 Å². The van der Waals surface area contributed by atoms with E-state index in [2.05, 4.69) is 5.16 Å². The standard InChI is InChI=1S/C24H26N2O7S/c1-15-4-9-21(10-16(15)2)34(29,30)26-13-18(27)11-23(26)24(28)32-14-20-12-22(25-33-20)17-5-7-19(31-3)8-6-17/h4-10,12,18,23,27H,11,13-14H2,1-3H3/t18-,23-/m0/s1. The summed E-state index contributed by atoms with van der Waals surface area (Å²) in [5.74, 6) is 0.257. The third kappa shape index (κ3) is 4.84. The van der Waals surface area contributed by atoms with Crippen LogP contribution in [0.15, 0.2) is 57.9 Å². The molecule has 10 heteroatoms. The Morgan fingerprint density at radius 1 is 1.15 bits per heavy atom. The Bertz CT molecular complexity index is 1280. The SMILES string of the molecule is COc1ccc(-c2cc(COC(=O)[C@@H]3C[C@H](O)CN3S(=O)(=O)c3ccc(C)c(C)c3)on2)cc1. The number of benzene rings is 2. The predicted octanol–water partition coefficient (Wildman–Crippen LogP) is 2.83. The topological polar surface area (TPSA) is 119 Å². The Labute approximate surface area is 197 Å². The van der Waals surface area contributed by atoms with Crippen molar-refractivity contribution in [2.24, 2.45) is 0 Å². The fraction of sp³-hybridized carbons (Fsp3) is 0.333. The number of aliphatic hydroxyl groups is 1. The van der Waals surface area contributed by atoms with Gasteiger partial charge in [0.2, 0.25) is 10.0 Å². The van der Waals surface area contributed by atoms with Gasteiger partial charge in [-0.3, -0.25) is 4.79 Å². The molecule has 1 N–H and O–H groups in total. The van der Waals surface area contributed by atoms with Gasteiger partial charge in [-0.25, -0.2) is 8.42 Å². The lowest BCUT2D eigenvalue weighted by atomic mass is 10.1. The molecule has 180 valence electrons. The number of carbonyl (C=O) groups excluding carboxylic acids is 1. The number of rotatable bonds is 7. The van der Waals surface area contributed by atoms with E-state index in [0.29, 0.717) is 17.2 Å². The second-order valence-corrected chi connectivity index (χ2v) is 10.1. The number of esters is 1. The van der Waals surface area contributed by atoms with Crippen LogP contribution in [0.4, 0.5) is 0 Å². The molecule has 0 bridgehead atoms. The van der Waals surface area contributed by atoms with Gasteiger partial charge in [-0.15, -0.1) is 0 Å². The van der Waals surface area contributed by atoms with Crippen LogP contribution in [0.1, 0.15) is 23.3 Å². The number of hydrogen-bond donors (Lipinski definition) is 1. The van der Waals surface area contributed by atoms with Crippen LogP contribution in [0.5, 0.6) is 5.75 Å². The average molecular weight is 487 g/mol. The first kappa shape index (κ1) is 23.9. The Hall–Kier alpha value is -3.21. The normalized spacial score (nSPS) is 18.7. The van der Waals surface area contributed by atoms with Gasteiger partial charge in [-0.05, 0) is 61.4 Å². The first-order valence-electron chi connectivity index (χ1n) is 10.7. The minimum absolute atomic E-state index is 0.0452. The summed E-state index contributed by atoms with van der Waals surface area (Å²) in [6.07, 6.45) is -1.01. The maximum absolute atomic E-state index is 13.2. The Balaban J connectivity index is 1.45. The van der Waals surface area contributed by atoms with Gasteiger partial charge in [0.05, 0.1) is 18.1 Å². The smallest absolute Gasteiger partial charge is 0.325 e. The van der Waals surface area contributed by atoms with E-state index in [0.717, 1.165) is 21.0 Å². The lowest BCUT2D eigenvalue weighted by Gasteiger charge is -2.22. The largest absolute Gasteiger partial charge is 0.497 e. The molecular weight excluding hydrogens is 460 g/mol. The van der Waals surface area contributed by atoms with E-state index < -0.39 is 28.1 Å². The average Bonchev–Trinajstić information content (AvgIpc) is 3.46. The zero-order valence-corrected chi connectivity index (χ0v) is 19.9. The number of aryl methyl sites for hydroxylation is 2. The van der Waals surface area contributed by atoms with Gasteiger partial charge >= 0.3 is 5.97 Å². The van der Waals surface area contributed by atoms with Gasteiger partial charge in [0.1, 0.15) is 17.5 Å². The van der Waals surface area contributed by atoms with Crippen LogP contribution in [0.3, 0.4) is 0 Å². The summed E-state index contributed by atoms with van der Waals surface area (Å²) in [5.41, 5.74) is 3.13. The summed E-state index contributed by atoms with van der Waals surface area (Å²) < 4.78 is 43.2. The molecule has 2 heterocycles. The van der Waals surface area contributed by atoms with Gasteiger partial charge in [0.15, 0.2) is 12.4 Å². The van der Waals surface area contributed by atoms with Gasteiger partial charge in [0, 0.05) is 24.6 Å². The Morgan fingerprint density at radius 2 is 1.88 bits per heavy atom. The van der Waals surface area contributed by atoms with Crippen molar-refractivity contribution < 1.29 is 32.3 Å². The Kier molecular flexibility index (Phi) is 6.74. The number of nitrogens with zero attached hydrogens (tertiary/aromatic N) is 2. The Morgan fingerprint density at radius 3 is 2.56 bits per heavy atom. The summed E-state index contributed by atoms with van der Waals surface area (Å²) in [6, 6.07) is 12.5. The number of aliphatic hydroxyl groups excluding tert-OH is 1. The number of carbonyl (C=O) groups is 1. The predicted molar refractivity (Wildman–Crippen MR) is 123 cm³/mol. The second-order valence-electron chi connectivity index (χ2n) is 8.24.